The number of carbonyl (C=O) groups excluding carboxylic acids is 3. The van der Waals surface area contributed by atoms with E-state index in [2.05, 4.69) is 21.1 Å². The van der Waals surface area contributed by atoms with Crippen molar-refractivity contribution in [1.82, 2.24) is 15.5 Å². The number of rotatable bonds is 7. The molecule has 2 aliphatic rings. The largest absolute Gasteiger partial charge is 0.455 e. The fourth-order valence-electron chi connectivity index (χ4n) is 4.24. The number of benzene rings is 2. The molecule has 0 saturated carbocycles. The Kier molecular flexibility index (Phi) is 12.9. The lowest BCUT2D eigenvalue weighted by molar-refractivity contribution is -0.137. The van der Waals surface area contributed by atoms with Crippen LogP contribution in [-0.4, -0.2) is 61.8 Å². The van der Waals surface area contributed by atoms with Crippen LogP contribution < -0.4 is 21.1 Å². The minimum atomic E-state index is -2.62. The van der Waals surface area contributed by atoms with Gasteiger partial charge in [-0.2, -0.15) is 8.78 Å². The molecule has 1 aromatic heterocycles. The number of alkyl halides is 2. The molecular weight excluding hydrogens is 600 g/mol. The van der Waals surface area contributed by atoms with E-state index in [9.17, 15) is 23.2 Å². The summed E-state index contributed by atoms with van der Waals surface area (Å²) in [6.07, 6.45) is 2.13. The average Bonchev–Trinajstić information content (AvgIpc) is 3.67. The van der Waals surface area contributed by atoms with Gasteiger partial charge in [0, 0.05) is 24.1 Å². The molecule has 0 bridgehead atoms. The standard InChI is InChI=1S/C26H25N3O4S2.C2H4F2O.CH4N2/c1-16-11-18(34-15-16)13-27-26(32)19-5-4-10-29(19)24(30)14-28-25(31)17-8-9-23-21(12-17)33-20-6-2-3-7-22(20)35-23;1-5-2(3)4;2-1-3/h2-3,6-9,11-12,15,19H,4-5,10,13-14H2,1H3,(H,27,32)(H,28,31);2H,1H3;1H,(H3,2,3). The van der Waals surface area contributed by atoms with E-state index >= 15 is 0 Å². The van der Waals surface area contributed by atoms with E-state index in [1.165, 1.54) is 5.56 Å². The van der Waals surface area contributed by atoms with Gasteiger partial charge in [0.25, 0.3) is 5.91 Å². The second kappa shape index (κ2) is 16.6. The lowest BCUT2D eigenvalue weighted by Gasteiger charge is -2.24. The van der Waals surface area contributed by atoms with Crippen LogP contribution in [0.4, 0.5) is 8.78 Å². The lowest BCUT2D eigenvalue weighted by Crippen LogP contribution is -2.48. The molecule has 1 fully saturated rings. The average molecular weight is 634 g/mol. The fourth-order valence-corrected chi connectivity index (χ4v) is 5.99. The Morgan fingerprint density at radius 3 is 2.53 bits per heavy atom. The molecular formula is C29H33F2N5O5S2. The van der Waals surface area contributed by atoms with E-state index in [1.807, 2.05) is 48.7 Å². The zero-order valence-electron chi connectivity index (χ0n) is 23.6. The first-order valence-corrected chi connectivity index (χ1v) is 14.9. The minimum Gasteiger partial charge on any atom is -0.455 e. The van der Waals surface area contributed by atoms with Crippen LogP contribution in [0.1, 0.15) is 33.6 Å². The first-order valence-electron chi connectivity index (χ1n) is 13.2. The molecule has 3 amide bonds. The number of aryl methyl sites for hydroxylation is 1. The van der Waals surface area contributed by atoms with Crippen molar-refractivity contribution in [2.75, 3.05) is 20.2 Å². The summed E-state index contributed by atoms with van der Waals surface area (Å²) in [5.74, 6) is 0.594. The van der Waals surface area contributed by atoms with Crippen LogP contribution in [0.15, 0.2) is 63.7 Å². The molecule has 3 heterocycles. The monoisotopic (exact) mass is 633 g/mol. The van der Waals surface area contributed by atoms with Crippen molar-refractivity contribution >= 4 is 47.2 Å². The molecule has 1 saturated heterocycles. The van der Waals surface area contributed by atoms with Gasteiger partial charge in [0.1, 0.15) is 17.5 Å². The highest BCUT2D eigenvalue weighted by molar-refractivity contribution is 7.99. The third-order valence-corrected chi connectivity index (χ3v) is 8.34. The summed E-state index contributed by atoms with van der Waals surface area (Å²) in [5, 5.41) is 13.5. The Morgan fingerprint density at radius 2 is 1.86 bits per heavy atom. The van der Waals surface area contributed by atoms with E-state index in [4.69, 9.17) is 10.1 Å². The Balaban J connectivity index is 0.000000566. The van der Waals surface area contributed by atoms with E-state index in [0.717, 1.165) is 40.3 Å². The molecule has 2 aromatic carbocycles. The van der Waals surface area contributed by atoms with Crippen molar-refractivity contribution in [3.8, 4) is 11.5 Å². The number of hydrogen-bond acceptors (Lipinski definition) is 8. The van der Waals surface area contributed by atoms with Crippen molar-refractivity contribution in [1.29, 1.82) is 5.41 Å². The third kappa shape index (κ3) is 9.76. The molecule has 3 aromatic rings. The summed E-state index contributed by atoms with van der Waals surface area (Å²) in [6.45, 7) is 0.199. The second-order valence-electron chi connectivity index (χ2n) is 9.21. The SMILES string of the molecule is COC(F)F.Cc1csc(CNC(=O)C2CCCN2C(=O)CNC(=O)c2ccc3c(c2)Oc2ccccc2S3)c1.N=CN. The molecule has 0 aliphatic carbocycles. The summed E-state index contributed by atoms with van der Waals surface area (Å²) >= 11 is 3.19. The van der Waals surface area contributed by atoms with Gasteiger partial charge in [-0.1, -0.05) is 23.9 Å². The predicted octanol–water partition coefficient (Wildman–Crippen LogP) is 4.76. The van der Waals surface area contributed by atoms with Gasteiger partial charge in [-0.05, 0) is 67.1 Å². The van der Waals surface area contributed by atoms with Crippen molar-refractivity contribution in [2.24, 2.45) is 5.73 Å². The molecule has 14 heteroatoms. The summed E-state index contributed by atoms with van der Waals surface area (Å²) in [6, 6.07) is 14.5. The van der Waals surface area contributed by atoms with Crippen molar-refractivity contribution < 1.29 is 32.6 Å². The van der Waals surface area contributed by atoms with Gasteiger partial charge in [-0.15, -0.1) is 11.3 Å². The van der Waals surface area contributed by atoms with Gasteiger partial charge < -0.3 is 30.7 Å². The molecule has 1 unspecified atom stereocenters. The summed E-state index contributed by atoms with van der Waals surface area (Å²) < 4.78 is 30.5. The summed E-state index contributed by atoms with van der Waals surface area (Å²) in [4.78, 5) is 42.9. The highest BCUT2D eigenvalue weighted by Crippen LogP contribution is 2.46. The highest BCUT2D eigenvalue weighted by atomic mass is 32.2. The normalized spacial score (nSPS) is 14.5. The van der Waals surface area contributed by atoms with Gasteiger partial charge in [-0.25, -0.2) is 0 Å². The van der Waals surface area contributed by atoms with Crippen LogP contribution in [0.2, 0.25) is 0 Å². The van der Waals surface area contributed by atoms with Crippen molar-refractivity contribution in [3.63, 3.8) is 0 Å². The van der Waals surface area contributed by atoms with Gasteiger partial charge in [0.15, 0.2) is 0 Å². The lowest BCUT2D eigenvalue weighted by atomic mass is 10.2. The second-order valence-corrected chi connectivity index (χ2v) is 11.3. The molecule has 0 spiro atoms. The Morgan fingerprint density at radius 1 is 1.16 bits per heavy atom. The predicted molar refractivity (Wildman–Crippen MR) is 161 cm³/mol. The maximum absolute atomic E-state index is 12.8. The Bertz CT molecular complexity index is 1420. The van der Waals surface area contributed by atoms with Crippen LogP contribution in [-0.2, 0) is 20.9 Å². The molecule has 0 radical (unpaired) electrons. The molecule has 2 aliphatic heterocycles. The van der Waals surface area contributed by atoms with Gasteiger partial charge in [0.05, 0.1) is 29.2 Å². The van der Waals surface area contributed by atoms with Crippen LogP contribution in [0, 0.1) is 12.3 Å². The summed E-state index contributed by atoms with van der Waals surface area (Å²) in [7, 11) is 0.949. The number of para-hydroxylation sites is 1. The van der Waals surface area contributed by atoms with E-state index in [0.29, 0.717) is 30.8 Å². The summed E-state index contributed by atoms with van der Waals surface area (Å²) in [5.41, 5.74) is 5.97. The number of methoxy groups -OCH3 is 1. The fraction of sp³-hybridized carbons (Fsp3) is 0.310. The molecule has 1 atom stereocenters. The molecule has 5 N–H and O–H groups in total. The number of halogens is 2. The van der Waals surface area contributed by atoms with Crippen LogP contribution in [0.25, 0.3) is 0 Å². The van der Waals surface area contributed by atoms with E-state index in [1.54, 1.807) is 40.1 Å². The van der Waals surface area contributed by atoms with Crippen LogP contribution in [0.5, 0.6) is 11.5 Å². The number of amides is 3. The number of fused-ring (bicyclic) bond motifs is 2. The van der Waals surface area contributed by atoms with Crippen LogP contribution >= 0.6 is 23.1 Å². The number of nitrogens with two attached hydrogens (primary N) is 1. The highest BCUT2D eigenvalue weighted by Gasteiger charge is 2.34. The van der Waals surface area contributed by atoms with Gasteiger partial charge in [-0.3, -0.25) is 19.8 Å². The molecule has 230 valence electrons. The van der Waals surface area contributed by atoms with E-state index < -0.39 is 12.7 Å². The van der Waals surface area contributed by atoms with Gasteiger partial charge in [0.2, 0.25) is 11.8 Å². The maximum atomic E-state index is 12.8. The smallest absolute Gasteiger partial charge is 0.345 e. The maximum Gasteiger partial charge on any atom is 0.345 e. The zero-order chi connectivity index (χ0) is 31.4. The topological polar surface area (TPSA) is 147 Å². The van der Waals surface area contributed by atoms with Crippen LogP contribution in [0.3, 0.4) is 0 Å². The number of ether oxygens (including phenoxy) is 2. The third-order valence-electron chi connectivity index (χ3n) is 6.17. The zero-order valence-corrected chi connectivity index (χ0v) is 25.2. The Labute approximate surface area is 256 Å². The minimum absolute atomic E-state index is 0.155. The molecule has 10 nitrogen and oxygen atoms in total. The van der Waals surface area contributed by atoms with E-state index in [-0.39, 0.29) is 24.3 Å². The van der Waals surface area contributed by atoms with Crippen molar-refractivity contribution in [2.45, 2.75) is 48.8 Å². The number of carbonyl (C=O) groups is 3. The number of hydrogen-bond donors (Lipinski definition) is 4. The first kappa shape index (κ1) is 33.5. The number of likely N-dealkylation sites (tertiary alicyclic amines) is 1. The quantitative estimate of drug-likeness (QED) is 0.170. The number of thiophene rings is 1. The first-order chi connectivity index (χ1) is 20.7. The van der Waals surface area contributed by atoms with Crippen molar-refractivity contribution in [3.05, 3.63) is 69.9 Å². The van der Waals surface area contributed by atoms with Gasteiger partial charge >= 0.3 is 6.61 Å². The number of nitrogens with one attached hydrogen (secondary N) is 3. The Hall–Kier alpha value is -4.01. The number of nitrogens with zero attached hydrogens (tertiary/aromatic N) is 1. The molecule has 5 rings (SSSR count). The molecule has 43 heavy (non-hydrogen) atoms.